The molecule has 0 atom stereocenters. The molecule has 5 heteroatoms. The van der Waals surface area contributed by atoms with Crippen LogP contribution in [-0.2, 0) is 0 Å². The van der Waals surface area contributed by atoms with E-state index >= 15 is 0 Å². The van der Waals surface area contributed by atoms with Gasteiger partial charge in [-0.15, -0.1) is 0 Å². The van der Waals surface area contributed by atoms with E-state index < -0.39 is 8.07 Å². The van der Waals surface area contributed by atoms with E-state index in [9.17, 15) is 0 Å². The zero-order chi connectivity index (χ0) is 33.3. The summed E-state index contributed by atoms with van der Waals surface area (Å²) in [5, 5.41) is 5.49. The molecule has 9 rings (SSSR count). The predicted molar refractivity (Wildman–Crippen MR) is 208 cm³/mol. The van der Waals surface area contributed by atoms with Gasteiger partial charge in [-0.05, 0) is 57.1 Å². The van der Waals surface area contributed by atoms with E-state index in [-0.39, 0.29) is 0 Å². The first-order valence-electron chi connectivity index (χ1n) is 16.9. The minimum absolute atomic E-state index is 0.642. The maximum atomic E-state index is 4.97. The van der Waals surface area contributed by atoms with Gasteiger partial charge in [0.15, 0.2) is 25.5 Å². The summed E-state index contributed by atoms with van der Waals surface area (Å²) in [7, 11) is -2.66. The summed E-state index contributed by atoms with van der Waals surface area (Å²) in [5.41, 5.74) is 6.33. The van der Waals surface area contributed by atoms with Gasteiger partial charge in [-0.1, -0.05) is 158 Å². The number of hydrogen-bond donors (Lipinski definition) is 0. The van der Waals surface area contributed by atoms with Gasteiger partial charge in [0.25, 0.3) is 0 Å². The summed E-state index contributed by atoms with van der Waals surface area (Å²) in [4.78, 5) is 17.2. The molecular formula is C45H32N4Si. The third-order valence-corrected chi connectivity index (χ3v) is 14.5. The molecule has 0 N–H and O–H groups in total. The molecule has 8 aromatic rings. The molecule has 2 heterocycles. The van der Waals surface area contributed by atoms with Gasteiger partial charge in [-0.3, -0.25) is 0 Å². The molecule has 1 aliphatic rings. The highest BCUT2D eigenvalue weighted by atomic mass is 28.3. The van der Waals surface area contributed by atoms with E-state index in [1.165, 1.54) is 32.1 Å². The van der Waals surface area contributed by atoms with E-state index in [1.54, 1.807) is 0 Å². The Morgan fingerprint density at radius 2 is 0.660 bits per heavy atom. The Kier molecular flexibility index (Phi) is 7.45. The van der Waals surface area contributed by atoms with E-state index in [2.05, 4.69) is 138 Å². The SMILES string of the molecule is c1ccc(-c2nc(-c3ccccc3)nc(-c3ccc(N4c5ccccc5[Si](c5ccccc5)(c5ccccc5)c5ccccc54)cc3)n2)cc1. The topological polar surface area (TPSA) is 41.9 Å². The number of nitrogens with zero attached hydrogens (tertiary/aromatic N) is 4. The van der Waals surface area contributed by atoms with Crippen LogP contribution in [0.15, 0.2) is 194 Å². The van der Waals surface area contributed by atoms with Crippen molar-refractivity contribution in [2.45, 2.75) is 0 Å². The van der Waals surface area contributed by atoms with Crippen molar-refractivity contribution < 1.29 is 0 Å². The Morgan fingerprint density at radius 1 is 0.320 bits per heavy atom. The van der Waals surface area contributed by atoms with E-state index in [4.69, 9.17) is 15.0 Å². The van der Waals surface area contributed by atoms with Crippen molar-refractivity contribution in [2.24, 2.45) is 0 Å². The summed E-state index contributed by atoms with van der Waals surface area (Å²) < 4.78 is 0. The highest BCUT2D eigenvalue weighted by molar-refractivity contribution is 7.21. The van der Waals surface area contributed by atoms with Crippen LogP contribution in [-0.4, -0.2) is 23.0 Å². The molecule has 236 valence electrons. The number of aromatic nitrogens is 3. The maximum absolute atomic E-state index is 4.97. The number of hydrogen-bond acceptors (Lipinski definition) is 4. The number of rotatable bonds is 6. The minimum Gasteiger partial charge on any atom is -0.311 e. The summed E-state index contributed by atoms with van der Waals surface area (Å²) >= 11 is 0. The van der Waals surface area contributed by atoms with Crippen LogP contribution in [0, 0.1) is 0 Å². The molecule has 1 aliphatic heterocycles. The molecule has 0 saturated heterocycles. The first-order valence-corrected chi connectivity index (χ1v) is 18.9. The lowest BCUT2D eigenvalue weighted by molar-refractivity contribution is 1.07. The Morgan fingerprint density at radius 3 is 1.08 bits per heavy atom. The fourth-order valence-electron chi connectivity index (χ4n) is 7.39. The fraction of sp³-hybridized carbons (Fsp3) is 0. The van der Waals surface area contributed by atoms with Crippen LogP contribution < -0.4 is 25.6 Å². The summed E-state index contributed by atoms with van der Waals surface area (Å²) in [5.74, 6) is 1.95. The highest BCUT2D eigenvalue weighted by Crippen LogP contribution is 2.39. The lowest BCUT2D eigenvalue weighted by Gasteiger charge is -2.45. The normalized spacial score (nSPS) is 12.9. The third kappa shape index (κ3) is 4.95. The smallest absolute Gasteiger partial charge is 0.184 e. The molecule has 0 fully saturated rings. The van der Waals surface area contributed by atoms with Gasteiger partial charge in [0.05, 0.1) is 0 Å². The largest absolute Gasteiger partial charge is 0.311 e. The van der Waals surface area contributed by atoms with Crippen LogP contribution in [0.1, 0.15) is 0 Å². The number of para-hydroxylation sites is 2. The van der Waals surface area contributed by atoms with Gasteiger partial charge < -0.3 is 4.90 Å². The Labute approximate surface area is 293 Å². The average molecular weight is 657 g/mol. The summed E-state index contributed by atoms with van der Waals surface area (Å²) in [6, 6.07) is 69.0. The van der Waals surface area contributed by atoms with Crippen molar-refractivity contribution >= 4 is 45.9 Å². The van der Waals surface area contributed by atoms with Crippen LogP contribution in [0.3, 0.4) is 0 Å². The van der Waals surface area contributed by atoms with E-state index in [0.29, 0.717) is 17.5 Å². The molecule has 50 heavy (non-hydrogen) atoms. The van der Waals surface area contributed by atoms with Gasteiger partial charge in [0.1, 0.15) is 0 Å². The first-order chi connectivity index (χ1) is 24.8. The number of fused-ring (bicyclic) bond motifs is 2. The van der Waals surface area contributed by atoms with Crippen LogP contribution in [0.5, 0.6) is 0 Å². The Bertz CT molecular complexity index is 2270. The van der Waals surface area contributed by atoms with Crippen molar-refractivity contribution in [1.82, 2.24) is 15.0 Å². The monoisotopic (exact) mass is 656 g/mol. The standard InChI is InChI=1S/C45H32N4Si/c1-5-17-33(18-6-1)43-46-44(34-19-7-2-8-20-34)48-45(47-43)35-29-31-36(32-30-35)49-39-25-13-15-27-41(39)50(37-21-9-3-10-22-37,38-23-11-4-12-24-38)42-28-16-14-26-40(42)49/h1-32H. The zero-order valence-electron chi connectivity index (χ0n) is 27.3. The molecule has 0 amide bonds. The van der Waals surface area contributed by atoms with E-state index in [0.717, 1.165) is 22.4 Å². The Balaban J connectivity index is 1.20. The fourth-order valence-corrected chi connectivity index (χ4v) is 12.5. The second-order valence-corrected chi connectivity index (χ2v) is 16.2. The molecule has 0 radical (unpaired) electrons. The average Bonchev–Trinajstić information content (AvgIpc) is 3.21. The van der Waals surface area contributed by atoms with Crippen LogP contribution in [0.2, 0.25) is 0 Å². The molecule has 4 nitrogen and oxygen atoms in total. The van der Waals surface area contributed by atoms with Gasteiger partial charge in [0.2, 0.25) is 0 Å². The van der Waals surface area contributed by atoms with Crippen molar-refractivity contribution in [3.63, 3.8) is 0 Å². The number of anilines is 3. The van der Waals surface area contributed by atoms with E-state index in [1.807, 2.05) is 60.7 Å². The van der Waals surface area contributed by atoms with Crippen molar-refractivity contribution in [3.8, 4) is 34.2 Å². The summed E-state index contributed by atoms with van der Waals surface area (Å²) in [6.45, 7) is 0. The third-order valence-electron chi connectivity index (χ3n) is 9.59. The van der Waals surface area contributed by atoms with Gasteiger partial charge in [-0.2, -0.15) is 0 Å². The van der Waals surface area contributed by atoms with Crippen LogP contribution >= 0.6 is 0 Å². The Hall–Kier alpha value is -6.43. The minimum atomic E-state index is -2.66. The molecule has 0 unspecified atom stereocenters. The van der Waals surface area contributed by atoms with Crippen LogP contribution in [0.25, 0.3) is 34.2 Å². The molecular weight excluding hydrogens is 625 g/mol. The molecule has 0 aliphatic carbocycles. The summed E-state index contributed by atoms with van der Waals surface area (Å²) in [6.07, 6.45) is 0. The quantitative estimate of drug-likeness (QED) is 0.170. The van der Waals surface area contributed by atoms with Gasteiger partial charge in [-0.25, -0.2) is 15.0 Å². The van der Waals surface area contributed by atoms with Crippen molar-refractivity contribution in [3.05, 3.63) is 194 Å². The zero-order valence-corrected chi connectivity index (χ0v) is 28.3. The highest BCUT2D eigenvalue weighted by Gasteiger charge is 2.48. The maximum Gasteiger partial charge on any atom is 0.184 e. The second kappa shape index (κ2) is 12.5. The van der Waals surface area contributed by atoms with Crippen molar-refractivity contribution in [2.75, 3.05) is 4.90 Å². The number of benzene rings is 7. The van der Waals surface area contributed by atoms with Gasteiger partial charge in [0, 0.05) is 33.8 Å². The van der Waals surface area contributed by atoms with Gasteiger partial charge >= 0.3 is 0 Å². The van der Waals surface area contributed by atoms with Crippen molar-refractivity contribution in [1.29, 1.82) is 0 Å². The molecule has 1 aromatic heterocycles. The molecule has 0 spiro atoms. The second-order valence-electron chi connectivity index (χ2n) is 12.4. The molecule has 0 saturated carbocycles. The lowest BCUT2D eigenvalue weighted by atomic mass is 10.1. The lowest BCUT2D eigenvalue weighted by Crippen LogP contribution is -2.77. The van der Waals surface area contributed by atoms with Crippen LogP contribution in [0.4, 0.5) is 17.1 Å². The first kappa shape index (κ1) is 29.7. The molecule has 0 bridgehead atoms. The predicted octanol–water partition coefficient (Wildman–Crippen LogP) is 8.03. The molecule has 7 aromatic carbocycles.